The molecule has 0 amide bonds. The van der Waals surface area contributed by atoms with Crippen LogP contribution in [0.15, 0.2) is 12.7 Å². The molecule has 0 unspecified atom stereocenters. The van der Waals surface area contributed by atoms with Gasteiger partial charge in [0.05, 0.1) is 0 Å². The maximum atomic E-state index is 14.0. The van der Waals surface area contributed by atoms with Crippen molar-refractivity contribution in [2.75, 3.05) is 0 Å². The van der Waals surface area contributed by atoms with Crippen LogP contribution in [0.2, 0.25) is 0 Å². The molecule has 44 heavy (non-hydrogen) atoms. The Morgan fingerprint density at radius 2 is 0.545 bits per heavy atom. The Morgan fingerprint density at radius 1 is 0.341 bits per heavy atom. The van der Waals surface area contributed by atoms with Gasteiger partial charge in [0.2, 0.25) is 0 Å². The molecule has 0 aliphatic carbocycles. The van der Waals surface area contributed by atoms with Crippen LogP contribution in [-0.4, -0.2) is 71.6 Å². The summed E-state index contributed by atoms with van der Waals surface area (Å²) in [5.74, 6) is -85.5. The first kappa shape index (κ1) is 41.9. The van der Waals surface area contributed by atoms with Gasteiger partial charge in [-0.3, -0.25) is 0 Å². The third-order valence-corrected chi connectivity index (χ3v) is 5.59. The Bertz CT molecular complexity index is 933. The summed E-state index contributed by atoms with van der Waals surface area (Å²) < 4.78 is 343. The van der Waals surface area contributed by atoms with Crippen molar-refractivity contribution in [2.45, 2.75) is 90.8 Å². The van der Waals surface area contributed by atoms with Crippen LogP contribution in [0.5, 0.6) is 0 Å². The molecule has 0 aromatic rings. The number of halogens is 26. The maximum absolute atomic E-state index is 14.0. The summed E-state index contributed by atoms with van der Waals surface area (Å²) in [6.07, 6.45) is -25.6. The molecule has 0 aromatic heterocycles. The fourth-order valence-electron chi connectivity index (χ4n) is 3.06. The van der Waals surface area contributed by atoms with E-state index >= 15 is 0 Å². The van der Waals surface area contributed by atoms with Gasteiger partial charge in [-0.15, -0.1) is 6.58 Å². The van der Waals surface area contributed by atoms with Gasteiger partial charge in [-0.1, -0.05) is 6.08 Å². The first-order valence-electron chi connectivity index (χ1n) is 10.2. The van der Waals surface area contributed by atoms with Crippen LogP contribution in [0.3, 0.4) is 0 Å². The van der Waals surface area contributed by atoms with Gasteiger partial charge in [-0.2, -0.15) is 114 Å². The van der Waals surface area contributed by atoms with Crippen LogP contribution in [0.1, 0.15) is 19.3 Å². The summed E-state index contributed by atoms with van der Waals surface area (Å²) >= 11 is 0. The van der Waals surface area contributed by atoms with Crippen molar-refractivity contribution in [1.82, 2.24) is 0 Å². The van der Waals surface area contributed by atoms with Gasteiger partial charge >= 0.3 is 71.6 Å². The number of rotatable bonds is 14. The lowest BCUT2D eigenvalue weighted by atomic mass is 9.83. The molecule has 0 rings (SSSR count). The number of hydrogen-bond donors (Lipinski definition) is 0. The molecule has 0 spiro atoms. The molecule has 0 fully saturated rings. The fraction of sp³-hybridized carbons (Fsp3) is 0.889. The van der Waals surface area contributed by atoms with Gasteiger partial charge < -0.3 is 0 Å². The van der Waals surface area contributed by atoms with E-state index in [2.05, 4.69) is 6.58 Å². The monoisotopic (exact) mass is 720 g/mol. The third-order valence-electron chi connectivity index (χ3n) is 5.59. The van der Waals surface area contributed by atoms with Gasteiger partial charge in [0.25, 0.3) is 0 Å². The van der Waals surface area contributed by atoms with Crippen molar-refractivity contribution in [3.63, 3.8) is 0 Å². The lowest BCUT2D eigenvalue weighted by Gasteiger charge is -2.42. The Morgan fingerprint density at radius 3 is 0.727 bits per heavy atom. The van der Waals surface area contributed by atoms with Gasteiger partial charge in [0.1, 0.15) is 0 Å². The second-order valence-electron chi connectivity index (χ2n) is 8.80. The molecule has 264 valence electrons. The van der Waals surface area contributed by atoms with Crippen LogP contribution in [0.25, 0.3) is 0 Å². The number of allylic oxidation sites excluding steroid dienone is 1. The smallest absolute Gasteiger partial charge is 0.200 e. The Labute approximate surface area is 225 Å². The minimum atomic E-state index is -8.54. The molecule has 0 aliphatic heterocycles. The minimum absolute atomic E-state index is 0.164. The van der Waals surface area contributed by atoms with Crippen molar-refractivity contribution in [3.05, 3.63) is 12.7 Å². The van der Waals surface area contributed by atoms with E-state index in [-0.39, 0.29) is 6.08 Å². The van der Waals surface area contributed by atoms with E-state index in [4.69, 9.17) is 0 Å². The molecule has 0 saturated heterocycles. The molecule has 0 bridgehead atoms. The highest BCUT2D eigenvalue weighted by Gasteiger charge is 2.92. The summed E-state index contributed by atoms with van der Waals surface area (Å²) in [4.78, 5) is 0. The van der Waals surface area contributed by atoms with E-state index < -0.39 is 96.8 Å². The zero-order valence-corrected chi connectivity index (χ0v) is 19.8. The zero-order chi connectivity index (χ0) is 36.4. The first-order chi connectivity index (χ1) is 18.6. The van der Waals surface area contributed by atoms with E-state index in [0.29, 0.717) is 0 Å². The maximum Gasteiger partial charge on any atom is 0.460 e. The van der Waals surface area contributed by atoms with E-state index in [9.17, 15) is 114 Å². The summed E-state index contributed by atoms with van der Waals surface area (Å²) in [7, 11) is 0. The second-order valence-corrected chi connectivity index (χ2v) is 8.80. The average Bonchev–Trinajstić information content (AvgIpc) is 2.75. The molecule has 0 N–H and O–H groups in total. The molecule has 0 heterocycles. The summed E-state index contributed by atoms with van der Waals surface area (Å²) in [6.45, 7) is 2.43. The van der Waals surface area contributed by atoms with Crippen molar-refractivity contribution >= 4 is 0 Å². The van der Waals surface area contributed by atoms with E-state index in [0.717, 1.165) is 0 Å². The van der Waals surface area contributed by atoms with Gasteiger partial charge in [0.15, 0.2) is 0 Å². The molecular weight excluding hydrogens is 710 g/mol. The average molecular weight is 720 g/mol. The first-order valence-corrected chi connectivity index (χ1v) is 10.2. The topological polar surface area (TPSA) is 0 Å². The fourth-order valence-corrected chi connectivity index (χ4v) is 3.06. The Kier molecular flexibility index (Phi) is 10.5. The minimum Gasteiger partial charge on any atom is -0.200 e. The predicted molar refractivity (Wildman–Crippen MR) is 89.1 cm³/mol. The highest BCUT2D eigenvalue weighted by Crippen LogP contribution is 2.63. The molecule has 0 atom stereocenters. The molecule has 0 nitrogen and oxygen atoms in total. The largest absolute Gasteiger partial charge is 0.460 e. The molecule has 0 aliphatic rings. The Balaban J connectivity index is 6.81. The van der Waals surface area contributed by atoms with Gasteiger partial charge in [0, 0.05) is 12.8 Å². The second kappa shape index (κ2) is 11.0. The lowest BCUT2D eigenvalue weighted by molar-refractivity contribution is -0.442. The summed E-state index contributed by atoms with van der Waals surface area (Å²) in [5, 5.41) is 0. The highest BCUT2D eigenvalue weighted by atomic mass is 19.4. The predicted octanol–water partition coefficient (Wildman–Crippen LogP) is 10.4. The van der Waals surface area contributed by atoms with Crippen LogP contribution in [0.4, 0.5) is 114 Å². The lowest BCUT2D eigenvalue weighted by Crippen LogP contribution is -2.70. The standard InChI is InChI=1S/C18H10F26/c1-2-3-6(4-7(19,20)9(23,24)11(27,28)13(31,32)15(35,36)17(39,40)41)5-8(21,22)10(25,26)12(29,30)14(33,34)16(37,38)18(42,43)44/h2,6H,1,3-5H2. The molecule has 0 radical (unpaired) electrons. The zero-order valence-electron chi connectivity index (χ0n) is 19.8. The molecule has 0 aromatic carbocycles. The molecule has 0 saturated carbocycles. The van der Waals surface area contributed by atoms with Crippen molar-refractivity contribution in [2.24, 2.45) is 5.92 Å². The normalized spacial score (nSPS) is 16.5. The van der Waals surface area contributed by atoms with Gasteiger partial charge in [-0.05, 0) is 12.3 Å². The van der Waals surface area contributed by atoms with Crippen LogP contribution >= 0.6 is 0 Å². The summed E-state index contributed by atoms with van der Waals surface area (Å²) in [6, 6.07) is 0. The Hall–Kier alpha value is -2.08. The van der Waals surface area contributed by atoms with Crippen LogP contribution in [-0.2, 0) is 0 Å². The van der Waals surface area contributed by atoms with Crippen molar-refractivity contribution in [3.8, 4) is 0 Å². The van der Waals surface area contributed by atoms with E-state index in [1.807, 2.05) is 0 Å². The van der Waals surface area contributed by atoms with Crippen molar-refractivity contribution < 1.29 is 114 Å². The SMILES string of the molecule is C=CCC(CC(F)(F)C(F)(F)C(F)(F)C(F)(F)C(F)(F)C(F)(F)F)CC(F)(F)C(F)(F)C(F)(F)C(F)(F)C(F)(F)C(F)(F)F. The van der Waals surface area contributed by atoms with Crippen LogP contribution in [0, 0.1) is 5.92 Å². The molecule has 26 heteroatoms. The van der Waals surface area contributed by atoms with Crippen LogP contribution < -0.4 is 0 Å². The summed E-state index contributed by atoms with van der Waals surface area (Å²) in [5.41, 5.74) is 0. The molecular formula is C18H10F26. The van der Waals surface area contributed by atoms with E-state index in [1.165, 1.54) is 0 Å². The van der Waals surface area contributed by atoms with Crippen molar-refractivity contribution in [1.29, 1.82) is 0 Å². The number of hydrogen-bond acceptors (Lipinski definition) is 0. The number of alkyl halides is 26. The quantitative estimate of drug-likeness (QED) is 0.124. The third kappa shape index (κ3) is 5.94. The van der Waals surface area contributed by atoms with Gasteiger partial charge in [-0.25, -0.2) is 0 Å². The van der Waals surface area contributed by atoms with E-state index in [1.54, 1.807) is 0 Å². The highest BCUT2D eigenvalue weighted by molar-refractivity contribution is 5.12.